The van der Waals surface area contributed by atoms with Crippen molar-refractivity contribution in [3.63, 3.8) is 0 Å². The van der Waals surface area contributed by atoms with Gasteiger partial charge >= 0.3 is 0 Å². The van der Waals surface area contributed by atoms with Gasteiger partial charge in [0.15, 0.2) is 0 Å². The zero-order valence-corrected chi connectivity index (χ0v) is 20.2. The number of piperidine rings is 1. The average molecular weight is 487 g/mol. The van der Waals surface area contributed by atoms with Crippen molar-refractivity contribution >= 4 is 33.0 Å². The van der Waals surface area contributed by atoms with Crippen molar-refractivity contribution in [2.24, 2.45) is 0 Å². The molecular weight excluding hydrogens is 460 g/mol. The van der Waals surface area contributed by atoms with Gasteiger partial charge in [-0.1, -0.05) is 30.4 Å². The van der Waals surface area contributed by atoms with E-state index in [1.54, 1.807) is 43.5 Å². The van der Waals surface area contributed by atoms with E-state index in [9.17, 15) is 13.2 Å². The molecule has 8 nitrogen and oxygen atoms in total. The van der Waals surface area contributed by atoms with Crippen molar-refractivity contribution in [3.8, 4) is 5.75 Å². The number of carbonyl (C=O) groups excluding carboxylic acids is 1. The number of sulfonamides is 1. The second kappa shape index (κ2) is 9.98. The topological polar surface area (TPSA) is 101 Å². The highest BCUT2D eigenvalue weighted by Crippen LogP contribution is 2.32. The summed E-state index contributed by atoms with van der Waals surface area (Å²) in [6.07, 6.45) is 2.39. The van der Waals surface area contributed by atoms with Crippen LogP contribution in [0.1, 0.15) is 46.1 Å². The van der Waals surface area contributed by atoms with E-state index in [0.29, 0.717) is 34.4 Å². The number of benzene rings is 2. The summed E-state index contributed by atoms with van der Waals surface area (Å²) in [5.74, 6) is 0.257. The molecule has 1 amide bonds. The number of amides is 1. The highest BCUT2D eigenvalue weighted by molar-refractivity contribution is 7.89. The zero-order valence-electron chi connectivity index (χ0n) is 18.5. The number of ether oxygens (including phenoxy) is 1. The Labute approximate surface area is 197 Å². The second-order valence-electron chi connectivity index (χ2n) is 7.83. The summed E-state index contributed by atoms with van der Waals surface area (Å²) in [7, 11) is -2.00. The quantitative estimate of drug-likeness (QED) is 0.543. The van der Waals surface area contributed by atoms with Crippen LogP contribution in [-0.4, -0.2) is 49.0 Å². The molecule has 1 fully saturated rings. The fourth-order valence-electron chi connectivity index (χ4n) is 3.76. The molecule has 33 heavy (non-hydrogen) atoms. The first-order chi connectivity index (χ1) is 15.9. The van der Waals surface area contributed by atoms with E-state index >= 15 is 0 Å². The van der Waals surface area contributed by atoms with Gasteiger partial charge in [0.1, 0.15) is 10.8 Å². The molecule has 2 heterocycles. The molecule has 4 rings (SSSR count). The molecule has 2 aromatic carbocycles. The first-order valence-electron chi connectivity index (χ1n) is 10.8. The van der Waals surface area contributed by atoms with Gasteiger partial charge in [-0.3, -0.25) is 4.79 Å². The Bertz CT molecular complexity index is 1210. The van der Waals surface area contributed by atoms with Crippen LogP contribution in [0.15, 0.2) is 53.4 Å². The Morgan fingerprint density at radius 2 is 1.88 bits per heavy atom. The average Bonchev–Trinajstić information content (AvgIpc) is 3.35. The minimum Gasteiger partial charge on any atom is -0.497 e. The third-order valence-electron chi connectivity index (χ3n) is 5.69. The van der Waals surface area contributed by atoms with Gasteiger partial charge in [-0.05, 0) is 61.2 Å². The normalized spacial score (nSPS) is 17.0. The van der Waals surface area contributed by atoms with Gasteiger partial charge in [-0.25, -0.2) is 8.42 Å². The smallest absolute Gasteiger partial charge is 0.286 e. The number of rotatable bonds is 7. The van der Waals surface area contributed by atoms with Crippen molar-refractivity contribution in [1.29, 1.82) is 0 Å². The molecule has 1 aliphatic rings. The van der Waals surface area contributed by atoms with E-state index in [1.807, 2.05) is 19.1 Å². The lowest BCUT2D eigenvalue weighted by Gasteiger charge is -2.30. The summed E-state index contributed by atoms with van der Waals surface area (Å²) in [6, 6.07) is 14.1. The molecule has 1 atom stereocenters. The third-order valence-corrected chi connectivity index (χ3v) is 8.65. The van der Waals surface area contributed by atoms with Gasteiger partial charge in [-0.2, -0.15) is 4.31 Å². The van der Waals surface area contributed by atoms with Gasteiger partial charge in [0, 0.05) is 24.7 Å². The molecule has 1 N–H and O–H groups in total. The van der Waals surface area contributed by atoms with E-state index in [-0.39, 0.29) is 16.8 Å². The number of hydrogen-bond donors (Lipinski definition) is 1. The van der Waals surface area contributed by atoms with Gasteiger partial charge in [0.05, 0.1) is 12.0 Å². The lowest BCUT2D eigenvalue weighted by atomic mass is 10.0. The fourth-order valence-corrected chi connectivity index (χ4v) is 6.15. The molecule has 174 valence electrons. The summed E-state index contributed by atoms with van der Waals surface area (Å²) in [5, 5.41) is 12.0. The number of anilines is 1. The largest absolute Gasteiger partial charge is 0.497 e. The molecule has 0 bridgehead atoms. The lowest BCUT2D eigenvalue weighted by molar-refractivity contribution is 0.102. The molecule has 0 unspecified atom stereocenters. The van der Waals surface area contributed by atoms with E-state index in [4.69, 9.17) is 4.74 Å². The first-order valence-corrected chi connectivity index (χ1v) is 13.0. The fraction of sp³-hybridized carbons (Fsp3) is 0.348. The van der Waals surface area contributed by atoms with Crippen LogP contribution in [0.25, 0.3) is 0 Å². The monoisotopic (exact) mass is 486 g/mol. The number of nitrogens with zero attached hydrogens (tertiary/aromatic N) is 3. The van der Waals surface area contributed by atoms with Crippen LogP contribution in [0.3, 0.4) is 0 Å². The maximum atomic E-state index is 13.1. The van der Waals surface area contributed by atoms with Crippen molar-refractivity contribution in [2.75, 3.05) is 25.5 Å². The molecular formula is C23H26N4O4S2. The van der Waals surface area contributed by atoms with Crippen LogP contribution in [0.5, 0.6) is 5.75 Å². The SMILES string of the molecule is CCc1ccc(S(=O)(=O)N2CCC[C@@H](c3nnc(C(=O)Nc4ccc(OC)cc4)s3)C2)cc1. The Morgan fingerprint density at radius 1 is 1.15 bits per heavy atom. The standard InChI is InChI=1S/C23H26N4O4S2/c1-3-16-6-12-20(13-7-16)33(29,30)27-14-4-5-17(15-27)22-25-26-23(32-22)21(28)24-18-8-10-19(31-2)11-9-18/h6-13,17H,3-5,14-15H2,1-2H3,(H,24,28)/t17-/m1/s1. The van der Waals surface area contributed by atoms with Gasteiger partial charge < -0.3 is 10.1 Å². The third kappa shape index (κ3) is 5.23. The highest BCUT2D eigenvalue weighted by atomic mass is 32.2. The zero-order chi connectivity index (χ0) is 23.4. The Kier molecular flexibility index (Phi) is 7.06. The molecule has 10 heteroatoms. The molecule has 1 aliphatic heterocycles. The molecule has 1 saturated heterocycles. The summed E-state index contributed by atoms with van der Waals surface area (Å²) >= 11 is 1.21. The highest BCUT2D eigenvalue weighted by Gasteiger charge is 2.32. The van der Waals surface area contributed by atoms with Crippen molar-refractivity contribution in [2.45, 2.75) is 37.0 Å². The number of aryl methyl sites for hydroxylation is 1. The van der Waals surface area contributed by atoms with Crippen LogP contribution in [0.4, 0.5) is 5.69 Å². The predicted molar refractivity (Wildman–Crippen MR) is 127 cm³/mol. The minimum absolute atomic E-state index is 0.0940. The van der Waals surface area contributed by atoms with Crippen molar-refractivity contribution < 1.29 is 17.9 Å². The maximum Gasteiger partial charge on any atom is 0.286 e. The van der Waals surface area contributed by atoms with E-state index < -0.39 is 10.0 Å². The van der Waals surface area contributed by atoms with Crippen LogP contribution >= 0.6 is 11.3 Å². The van der Waals surface area contributed by atoms with Crippen LogP contribution in [-0.2, 0) is 16.4 Å². The van der Waals surface area contributed by atoms with Crippen LogP contribution in [0.2, 0.25) is 0 Å². The number of hydrogen-bond acceptors (Lipinski definition) is 7. The van der Waals surface area contributed by atoms with Gasteiger partial charge in [0.2, 0.25) is 15.0 Å². The van der Waals surface area contributed by atoms with Crippen LogP contribution < -0.4 is 10.1 Å². The van der Waals surface area contributed by atoms with Crippen molar-refractivity contribution in [3.05, 3.63) is 64.1 Å². The maximum absolute atomic E-state index is 13.1. The number of carbonyl (C=O) groups is 1. The molecule has 0 spiro atoms. The molecule has 0 aliphatic carbocycles. The van der Waals surface area contributed by atoms with E-state index in [2.05, 4.69) is 15.5 Å². The van der Waals surface area contributed by atoms with E-state index in [0.717, 1.165) is 24.8 Å². The molecule has 0 radical (unpaired) electrons. The summed E-state index contributed by atoms with van der Waals surface area (Å²) in [5.41, 5.74) is 1.72. The van der Waals surface area contributed by atoms with Crippen molar-refractivity contribution in [1.82, 2.24) is 14.5 Å². The Balaban J connectivity index is 1.44. The molecule has 0 saturated carbocycles. The van der Waals surface area contributed by atoms with Crippen LogP contribution in [0, 0.1) is 0 Å². The van der Waals surface area contributed by atoms with E-state index in [1.165, 1.54) is 15.6 Å². The Hall–Kier alpha value is -2.82. The summed E-state index contributed by atoms with van der Waals surface area (Å²) < 4.78 is 32.9. The first kappa shape index (κ1) is 23.3. The molecule has 1 aromatic heterocycles. The number of nitrogens with one attached hydrogen (secondary N) is 1. The second-order valence-corrected chi connectivity index (χ2v) is 10.8. The number of methoxy groups -OCH3 is 1. The van der Waals surface area contributed by atoms with Gasteiger partial charge in [0.25, 0.3) is 5.91 Å². The summed E-state index contributed by atoms with van der Waals surface area (Å²) in [6.45, 7) is 2.83. The predicted octanol–water partition coefficient (Wildman–Crippen LogP) is 3.93. The lowest BCUT2D eigenvalue weighted by Crippen LogP contribution is -2.39. The molecule has 3 aromatic rings. The number of aromatic nitrogens is 2. The van der Waals surface area contributed by atoms with Gasteiger partial charge in [-0.15, -0.1) is 10.2 Å². The summed E-state index contributed by atoms with van der Waals surface area (Å²) in [4.78, 5) is 12.9. The minimum atomic E-state index is -3.58. The Morgan fingerprint density at radius 3 is 2.55 bits per heavy atom.